The molecule has 0 saturated heterocycles. The lowest BCUT2D eigenvalue weighted by Gasteiger charge is -2.13. The zero-order chi connectivity index (χ0) is 38.3. The Morgan fingerprint density at radius 1 is 0.185 bits per heavy atom. The number of alkyl halides is 9. The van der Waals surface area contributed by atoms with Gasteiger partial charge in [0.25, 0.3) is 0 Å². The summed E-state index contributed by atoms with van der Waals surface area (Å²) in [7, 11) is 0. The van der Waals surface area contributed by atoms with Gasteiger partial charge >= 0.3 is 18.5 Å². The average molecular weight is 739 g/mol. The lowest BCUT2D eigenvalue weighted by Crippen LogP contribution is -2.03. The Bertz CT molecular complexity index is 2080. The standard InChI is InChI=1S/C45H27F9/c46-43(47,48)40-19-13-31(14-20-40)28-1-7-34(8-2-28)37-25-38(35-9-3-29(4-10-35)32-15-21-41(22-16-32)44(49,50)51)27-39(26-37)36-11-5-30(6-12-36)33-17-23-42(24-18-33)45(52,53)54/h1-27H. The Hall–Kier alpha value is -6.09. The van der Waals surface area contributed by atoms with Gasteiger partial charge in [0.15, 0.2) is 0 Å². The molecule has 0 aliphatic heterocycles. The quantitative estimate of drug-likeness (QED) is 0.149. The van der Waals surface area contributed by atoms with E-state index >= 15 is 0 Å². The maximum absolute atomic E-state index is 13.1. The summed E-state index contributed by atoms with van der Waals surface area (Å²) in [6, 6.07) is 43.2. The molecule has 0 aliphatic rings. The molecule has 0 amide bonds. The summed E-state index contributed by atoms with van der Waals surface area (Å²) in [4.78, 5) is 0. The van der Waals surface area contributed by atoms with Crippen molar-refractivity contribution in [2.24, 2.45) is 0 Å². The molecule has 0 fully saturated rings. The monoisotopic (exact) mass is 738 g/mol. The van der Waals surface area contributed by atoms with Crippen LogP contribution in [0.1, 0.15) is 16.7 Å². The van der Waals surface area contributed by atoms with Gasteiger partial charge in [-0.2, -0.15) is 39.5 Å². The number of benzene rings is 7. The van der Waals surface area contributed by atoms with Gasteiger partial charge in [0.05, 0.1) is 16.7 Å². The molecular weight excluding hydrogens is 711 g/mol. The molecule has 0 aliphatic carbocycles. The first kappa shape index (κ1) is 36.3. The van der Waals surface area contributed by atoms with Crippen LogP contribution in [0, 0.1) is 0 Å². The largest absolute Gasteiger partial charge is 0.416 e. The topological polar surface area (TPSA) is 0 Å². The van der Waals surface area contributed by atoms with Crippen LogP contribution < -0.4 is 0 Å². The Kier molecular flexibility index (Phi) is 9.43. The molecule has 0 N–H and O–H groups in total. The maximum Gasteiger partial charge on any atom is 0.416 e. The predicted molar refractivity (Wildman–Crippen MR) is 194 cm³/mol. The maximum atomic E-state index is 13.1. The molecule has 0 spiro atoms. The van der Waals surface area contributed by atoms with Gasteiger partial charge in [0.1, 0.15) is 0 Å². The Morgan fingerprint density at radius 3 is 0.463 bits per heavy atom. The van der Waals surface area contributed by atoms with E-state index in [1.54, 1.807) is 0 Å². The smallest absolute Gasteiger partial charge is 0.166 e. The summed E-state index contributed by atoms with van der Waals surface area (Å²) in [6.07, 6.45) is -13.3. The van der Waals surface area contributed by atoms with Gasteiger partial charge in [-0.3, -0.25) is 0 Å². The van der Waals surface area contributed by atoms with Crippen LogP contribution in [0.5, 0.6) is 0 Å². The van der Waals surface area contributed by atoms with Crippen LogP contribution in [0.3, 0.4) is 0 Å². The minimum Gasteiger partial charge on any atom is -0.166 e. The molecule has 0 unspecified atom stereocenters. The van der Waals surface area contributed by atoms with Gasteiger partial charge in [-0.05, 0) is 121 Å². The molecule has 7 aromatic carbocycles. The highest BCUT2D eigenvalue weighted by molar-refractivity contribution is 5.83. The van der Waals surface area contributed by atoms with Crippen LogP contribution in [0.2, 0.25) is 0 Å². The molecule has 0 radical (unpaired) electrons. The normalized spacial score (nSPS) is 12.2. The number of rotatable bonds is 6. The second-order valence-electron chi connectivity index (χ2n) is 12.8. The summed E-state index contributed by atoms with van der Waals surface area (Å²) < 4.78 is 118. The molecular formula is C45H27F9. The van der Waals surface area contributed by atoms with Gasteiger partial charge in [-0.1, -0.05) is 109 Å². The van der Waals surface area contributed by atoms with Crippen molar-refractivity contribution in [2.75, 3.05) is 0 Å². The lowest BCUT2D eigenvalue weighted by atomic mass is 9.91. The van der Waals surface area contributed by atoms with Crippen molar-refractivity contribution >= 4 is 0 Å². The van der Waals surface area contributed by atoms with E-state index in [2.05, 4.69) is 0 Å². The van der Waals surface area contributed by atoms with Gasteiger partial charge < -0.3 is 0 Å². The van der Waals surface area contributed by atoms with E-state index in [1.165, 1.54) is 36.4 Å². The van der Waals surface area contributed by atoms with Crippen LogP contribution in [0.4, 0.5) is 39.5 Å². The molecule has 0 nitrogen and oxygen atoms in total. The number of hydrogen-bond donors (Lipinski definition) is 0. The summed E-state index contributed by atoms with van der Waals surface area (Å²) in [5.41, 5.74) is 6.99. The molecule has 270 valence electrons. The summed E-state index contributed by atoms with van der Waals surface area (Å²) in [5, 5.41) is 0. The van der Waals surface area contributed by atoms with E-state index < -0.39 is 35.2 Å². The van der Waals surface area contributed by atoms with E-state index in [0.717, 1.165) is 86.5 Å². The molecule has 54 heavy (non-hydrogen) atoms. The highest BCUT2D eigenvalue weighted by Gasteiger charge is 2.31. The zero-order valence-electron chi connectivity index (χ0n) is 28.0. The lowest BCUT2D eigenvalue weighted by molar-refractivity contribution is -0.138. The first-order chi connectivity index (χ1) is 25.6. The van der Waals surface area contributed by atoms with Crippen molar-refractivity contribution in [1.29, 1.82) is 0 Å². The first-order valence-electron chi connectivity index (χ1n) is 16.6. The van der Waals surface area contributed by atoms with Crippen LogP contribution in [0.15, 0.2) is 164 Å². The van der Waals surface area contributed by atoms with Gasteiger partial charge in [-0.25, -0.2) is 0 Å². The Balaban J connectivity index is 1.23. The van der Waals surface area contributed by atoms with E-state index in [0.29, 0.717) is 16.7 Å². The van der Waals surface area contributed by atoms with Crippen molar-refractivity contribution in [3.8, 4) is 66.8 Å². The highest BCUT2D eigenvalue weighted by atomic mass is 19.4. The summed E-state index contributed by atoms with van der Waals surface area (Å²) in [6.45, 7) is 0. The van der Waals surface area contributed by atoms with E-state index in [1.807, 2.05) is 91.0 Å². The fraction of sp³-hybridized carbons (Fsp3) is 0.0667. The molecule has 7 aromatic rings. The SMILES string of the molecule is FC(F)(F)c1ccc(-c2ccc(-c3cc(-c4ccc(-c5ccc(C(F)(F)F)cc5)cc4)cc(-c4ccc(-c5ccc(C(F)(F)F)cc5)cc4)c3)cc2)cc1. The molecule has 0 bridgehead atoms. The molecule has 7 rings (SSSR count). The molecule has 0 saturated carbocycles. The zero-order valence-corrected chi connectivity index (χ0v) is 28.0. The van der Waals surface area contributed by atoms with Crippen LogP contribution in [0.25, 0.3) is 66.8 Å². The van der Waals surface area contributed by atoms with Gasteiger partial charge in [-0.15, -0.1) is 0 Å². The van der Waals surface area contributed by atoms with Crippen molar-refractivity contribution in [1.82, 2.24) is 0 Å². The highest BCUT2D eigenvalue weighted by Crippen LogP contribution is 2.38. The molecule has 9 heteroatoms. The van der Waals surface area contributed by atoms with Crippen molar-refractivity contribution < 1.29 is 39.5 Å². The van der Waals surface area contributed by atoms with Gasteiger partial charge in [0, 0.05) is 0 Å². The van der Waals surface area contributed by atoms with Crippen LogP contribution in [-0.2, 0) is 18.5 Å². The van der Waals surface area contributed by atoms with Crippen LogP contribution >= 0.6 is 0 Å². The van der Waals surface area contributed by atoms with Crippen molar-refractivity contribution in [3.05, 3.63) is 180 Å². The first-order valence-corrected chi connectivity index (χ1v) is 16.6. The molecule has 0 atom stereocenters. The number of hydrogen-bond acceptors (Lipinski definition) is 0. The van der Waals surface area contributed by atoms with Gasteiger partial charge in [0.2, 0.25) is 0 Å². The van der Waals surface area contributed by atoms with Crippen molar-refractivity contribution in [2.45, 2.75) is 18.5 Å². The second kappa shape index (κ2) is 14.0. The fourth-order valence-corrected chi connectivity index (χ4v) is 6.25. The van der Waals surface area contributed by atoms with Crippen LogP contribution in [-0.4, -0.2) is 0 Å². The third-order valence-electron chi connectivity index (χ3n) is 9.22. The number of halogens is 9. The molecule has 0 heterocycles. The fourth-order valence-electron chi connectivity index (χ4n) is 6.25. The summed E-state index contributed by atoms with van der Waals surface area (Å²) in [5.74, 6) is 0. The second-order valence-corrected chi connectivity index (χ2v) is 12.8. The minimum atomic E-state index is -4.43. The Morgan fingerprint density at radius 2 is 0.315 bits per heavy atom. The van der Waals surface area contributed by atoms with E-state index in [9.17, 15) is 39.5 Å². The minimum absolute atomic E-state index is 0.630. The average Bonchev–Trinajstić information content (AvgIpc) is 3.17. The Labute approximate surface area is 304 Å². The third kappa shape index (κ3) is 7.95. The van der Waals surface area contributed by atoms with E-state index in [-0.39, 0.29) is 0 Å². The molecule has 0 aromatic heterocycles. The predicted octanol–water partition coefficient (Wildman–Crippen LogP) is 14.7. The van der Waals surface area contributed by atoms with Crippen molar-refractivity contribution in [3.63, 3.8) is 0 Å². The van der Waals surface area contributed by atoms with E-state index in [4.69, 9.17) is 0 Å². The summed E-state index contributed by atoms with van der Waals surface area (Å²) >= 11 is 0. The third-order valence-corrected chi connectivity index (χ3v) is 9.22.